The van der Waals surface area contributed by atoms with Crippen LogP contribution in [-0.2, 0) is 4.74 Å². The minimum Gasteiger partial charge on any atom is -0.379 e. The summed E-state index contributed by atoms with van der Waals surface area (Å²) in [6.45, 7) is 8.27. The topological polar surface area (TPSA) is 40.1 Å². The smallest absolute Gasteiger partial charge is 0.193 e. The minimum atomic E-state index is 0.648. The van der Waals surface area contributed by atoms with Gasteiger partial charge in [0.25, 0.3) is 0 Å². The molecule has 1 aliphatic heterocycles. The number of likely N-dealkylation sites (tertiary alicyclic amines) is 1. The average Bonchev–Trinajstić information content (AvgIpc) is 3.37. The molecule has 2 aliphatic rings. The lowest BCUT2D eigenvalue weighted by atomic mass is 10.0. The van der Waals surface area contributed by atoms with Crippen molar-refractivity contribution in [3.63, 3.8) is 0 Å². The molecule has 1 saturated carbocycles. The molecule has 0 aromatic carbocycles. The summed E-state index contributed by atoms with van der Waals surface area (Å²) in [5.41, 5.74) is 0. The van der Waals surface area contributed by atoms with Gasteiger partial charge >= 0.3 is 0 Å². The Bertz CT molecular complexity index is 344. The van der Waals surface area contributed by atoms with E-state index in [1.165, 1.54) is 38.6 Å². The van der Waals surface area contributed by atoms with Crippen molar-refractivity contribution in [2.75, 3.05) is 53.5 Å². The lowest BCUT2D eigenvalue weighted by Crippen LogP contribution is -2.49. The Morgan fingerprint density at radius 1 is 1.32 bits per heavy atom. The van der Waals surface area contributed by atoms with Crippen molar-refractivity contribution in [2.45, 2.75) is 45.1 Å². The minimum absolute atomic E-state index is 0.648. The lowest BCUT2D eigenvalue weighted by Gasteiger charge is -2.35. The van der Waals surface area contributed by atoms with Gasteiger partial charge in [0, 0.05) is 39.8 Å². The van der Waals surface area contributed by atoms with Gasteiger partial charge in [-0.25, -0.2) is 0 Å². The zero-order valence-corrected chi connectivity index (χ0v) is 14.7. The van der Waals surface area contributed by atoms with E-state index >= 15 is 0 Å². The number of hydrogen-bond donors (Lipinski definition) is 1. The molecule has 1 N–H and O–H groups in total. The van der Waals surface area contributed by atoms with Gasteiger partial charge < -0.3 is 15.0 Å². The summed E-state index contributed by atoms with van der Waals surface area (Å²) in [4.78, 5) is 9.17. The Morgan fingerprint density at radius 3 is 2.82 bits per heavy atom. The van der Waals surface area contributed by atoms with Crippen molar-refractivity contribution in [1.29, 1.82) is 0 Å². The summed E-state index contributed by atoms with van der Waals surface area (Å²) in [5.74, 6) is 1.82. The van der Waals surface area contributed by atoms with Crippen LogP contribution in [0.25, 0.3) is 0 Å². The zero-order valence-electron chi connectivity index (χ0n) is 14.7. The Kier molecular flexibility index (Phi) is 7.46. The molecule has 5 heteroatoms. The maximum Gasteiger partial charge on any atom is 0.193 e. The van der Waals surface area contributed by atoms with E-state index in [0.717, 1.165) is 44.7 Å². The summed E-state index contributed by atoms with van der Waals surface area (Å²) < 4.78 is 5.72. The van der Waals surface area contributed by atoms with Crippen molar-refractivity contribution < 1.29 is 4.74 Å². The molecule has 1 heterocycles. The molecule has 0 bridgehead atoms. The predicted octanol–water partition coefficient (Wildman–Crippen LogP) is 1.79. The highest BCUT2D eigenvalue weighted by atomic mass is 16.5. The molecule has 1 saturated heterocycles. The van der Waals surface area contributed by atoms with Crippen LogP contribution in [0.2, 0.25) is 0 Å². The molecule has 2 fully saturated rings. The largest absolute Gasteiger partial charge is 0.379 e. The van der Waals surface area contributed by atoms with Gasteiger partial charge in [0.05, 0.1) is 6.61 Å². The first-order chi connectivity index (χ1) is 10.7. The second-order valence-electron chi connectivity index (χ2n) is 6.65. The molecule has 1 aliphatic carbocycles. The van der Waals surface area contributed by atoms with E-state index in [2.05, 4.69) is 34.1 Å². The molecule has 0 amide bonds. The number of aliphatic imine (C=N–C) groups is 1. The molecule has 0 radical (unpaired) electrons. The highest BCUT2D eigenvalue weighted by Gasteiger charge is 2.22. The van der Waals surface area contributed by atoms with E-state index in [0.29, 0.717) is 6.04 Å². The second kappa shape index (κ2) is 9.36. The maximum atomic E-state index is 5.72. The standard InChI is InChI=1S/C17H34N4O/c1-4-21-10-6-5-7-16(21)13-19-17(18-2)20(3)11-12-22-14-15-8-9-15/h15-16H,4-14H2,1-3H3,(H,18,19). The average molecular weight is 310 g/mol. The zero-order chi connectivity index (χ0) is 15.8. The molecule has 1 atom stereocenters. The first-order valence-corrected chi connectivity index (χ1v) is 8.98. The highest BCUT2D eigenvalue weighted by molar-refractivity contribution is 5.79. The van der Waals surface area contributed by atoms with E-state index in [-0.39, 0.29) is 0 Å². The quantitative estimate of drug-likeness (QED) is 0.422. The molecule has 128 valence electrons. The molecular formula is C17H34N4O. The summed E-state index contributed by atoms with van der Waals surface area (Å²) in [7, 11) is 3.95. The third-order valence-electron chi connectivity index (χ3n) is 4.85. The number of guanidine groups is 1. The van der Waals surface area contributed by atoms with Gasteiger partial charge in [0.1, 0.15) is 0 Å². The predicted molar refractivity (Wildman–Crippen MR) is 92.4 cm³/mol. The Labute approximate surface area is 136 Å². The fourth-order valence-electron chi connectivity index (χ4n) is 3.14. The fourth-order valence-corrected chi connectivity index (χ4v) is 3.14. The van der Waals surface area contributed by atoms with Crippen LogP contribution in [0.4, 0.5) is 0 Å². The molecule has 2 rings (SSSR count). The van der Waals surface area contributed by atoms with Crippen LogP contribution in [0.5, 0.6) is 0 Å². The van der Waals surface area contributed by atoms with Gasteiger partial charge in [-0.3, -0.25) is 9.89 Å². The van der Waals surface area contributed by atoms with Crippen LogP contribution in [0.15, 0.2) is 4.99 Å². The number of hydrogen-bond acceptors (Lipinski definition) is 3. The van der Waals surface area contributed by atoms with Crippen LogP contribution >= 0.6 is 0 Å². The van der Waals surface area contributed by atoms with Crippen molar-refractivity contribution in [3.05, 3.63) is 0 Å². The van der Waals surface area contributed by atoms with E-state index in [1.807, 2.05) is 7.05 Å². The summed E-state index contributed by atoms with van der Waals surface area (Å²) in [6, 6.07) is 0.648. The third-order valence-corrected chi connectivity index (χ3v) is 4.85. The molecule has 22 heavy (non-hydrogen) atoms. The van der Waals surface area contributed by atoms with Crippen molar-refractivity contribution >= 4 is 5.96 Å². The summed E-state index contributed by atoms with van der Waals surface area (Å²) >= 11 is 0. The number of nitrogens with zero attached hydrogens (tertiary/aromatic N) is 3. The van der Waals surface area contributed by atoms with Gasteiger partial charge in [-0.05, 0) is 44.7 Å². The van der Waals surface area contributed by atoms with Gasteiger partial charge in [-0.2, -0.15) is 0 Å². The molecule has 5 nitrogen and oxygen atoms in total. The normalized spacial score (nSPS) is 23.6. The molecule has 0 spiro atoms. The number of piperidine rings is 1. The van der Waals surface area contributed by atoms with Gasteiger partial charge in [-0.1, -0.05) is 13.3 Å². The van der Waals surface area contributed by atoms with Crippen molar-refractivity contribution in [3.8, 4) is 0 Å². The summed E-state index contributed by atoms with van der Waals surface area (Å²) in [6.07, 6.45) is 6.71. The van der Waals surface area contributed by atoms with E-state index in [4.69, 9.17) is 4.74 Å². The van der Waals surface area contributed by atoms with E-state index in [9.17, 15) is 0 Å². The van der Waals surface area contributed by atoms with Crippen molar-refractivity contribution in [2.24, 2.45) is 10.9 Å². The number of nitrogens with one attached hydrogen (secondary N) is 1. The molecule has 0 aromatic heterocycles. The SMILES string of the molecule is CCN1CCCCC1CNC(=NC)N(C)CCOCC1CC1. The molecular weight excluding hydrogens is 276 g/mol. The van der Waals surface area contributed by atoms with Crippen LogP contribution in [0.3, 0.4) is 0 Å². The Hall–Kier alpha value is -0.810. The van der Waals surface area contributed by atoms with Crippen LogP contribution in [-0.4, -0.2) is 75.3 Å². The first kappa shape index (κ1) is 17.5. The van der Waals surface area contributed by atoms with Gasteiger partial charge in [0.15, 0.2) is 5.96 Å². The van der Waals surface area contributed by atoms with Crippen LogP contribution in [0.1, 0.15) is 39.0 Å². The Balaban J connectivity index is 1.66. The lowest BCUT2D eigenvalue weighted by molar-refractivity contribution is 0.114. The van der Waals surface area contributed by atoms with Crippen molar-refractivity contribution in [1.82, 2.24) is 15.1 Å². The number of ether oxygens (including phenoxy) is 1. The number of likely N-dealkylation sites (N-methyl/N-ethyl adjacent to an activating group) is 2. The first-order valence-electron chi connectivity index (χ1n) is 8.98. The van der Waals surface area contributed by atoms with Gasteiger partial charge in [-0.15, -0.1) is 0 Å². The number of rotatable bonds is 8. The highest BCUT2D eigenvalue weighted by Crippen LogP contribution is 2.28. The maximum absolute atomic E-state index is 5.72. The van der Waals surface area contributed by atoms with Crippen LogP contribution < -0.4 is 5.32 Å². The monoisotopic (exact) mass is 310 g/mol. The third kappa shape index (κ3) is 5.76. The molecule has 1 unspecified atom stereocenters. The Morgan fingerprint density at radius 2 is 2.14 bits per heavy atom. The van der Waals surface area contributed by atoms with Gasteiger partial charge in [0.2, 0.25) is 0 Å². The summed E-state index contributed by atoms with van der Waals surface area (Å²) in [5, 5.41) is 3.54. The van der Waals surface area contributed by atoms with Crippen LogP contribution in [0, 0.1) is 5.92 Å². The fraction of sp³-hybridized carbons (Fsp3) is 0.941. The second-order valence-corrected chi connectivity index (χ2v) is 6.65. The van der Waals surface area contributed by atoms with E-state index in [1.54, 1.807) is 0 Å². The van der Waals surface area contributed by atoms with E-state index < -0.39 is 0 Å². The molecule has 0 aromatic rings.